The van der Waals surface area contributed by atoms with Crippen LogP contribution in [0, 0.1) is 5.82 Å². The summed E-state index contributed by atoms with van der Waals surface area (Å²) in [5, 5.41) is 0. The fourth-order valence-corrected chi connectivity index (χ4v) is 1.10. The Balaban J connectivity index is 2.24. The van der Waals surface area contributed by atoms with Crippen LogP contribution in [0.5, 0.6) is 5.75 Å². The van der Waals surface area contributed by atoms with E-state index in [1.54, 1.807) is 19.2 Å². The first-order valence-electron chi connectivity index (χ1n) is 4.99. The van der Waals surface area contributed by atoms with Crippen molar-refractivity contribution in [2.24, 2.45) is 0 Å². The van der Waals surface area contributed by atoms with E-state index in [1.807, 2.05) is 0 Å². The van der Waals surface area contributed by atoms with Crippen LogP contribution in [-0.2, 0) is 9.47 Å². The molecule has 0 fully saturated rings. The van der Waals surface area contributed by atoms with Gasteiger partial charge in [0.1, 0.15) is 23.9 Å². The normalized spacial score (nSPS) is 10.4. The highest BCUT2D eigenvalue weighted by atomic mass is 19.1. The largest absolute Gasteiger partial charge is 0.489 e. The Morgan fingerprint density at radius 2 is 1.94 bits per heavy atom. The van der Waals surface area contributed by atoms with Crippen molar-refractivity contribution in [2.75, 3.05) is 39.3 Å². The van der Waals surface area contributed by atoms with Crippen LogP contribution in [-0.4, -0.2) is 33.5 Å². The average molecular weight is 229 g/mol. The van der Waals surface area contributed by atoms with Crippen molar-refractivity contribution in [3.05, 3.63) is 24.0 Å². The molecule has 0 aliphatic carbocycles. The van der Waals surface area contributed by atoms with Crippen LogP contribution >= 0.6 is 0 Å². The number of rotatable bonds is 7. The van der Waals surface area contributed by atoms with Gasteiger partial charge in [-0.2, -0.15) is 0 Å². The quantitative estimate of drug-likeness (QED) is 0.568. The molecule has 0 unspecified atom stereocenters. The Morgan fingerprint density at radius 1 is 1.19 bits per heavy atom. The number of benzene rings is 1. The van der Waals surface area contributed by atoms with Crippen molar-refractivity contribution >= 4 is 5.69 Å². The van der Waals surface area contributed by atoms with Crippen molar-refractivity contribution in [3.63, 3.8) is 0 Å². The molecule has 0 aliphatic rings. The van der Waals surface area contributed by atoms with Crippen molar-refractivity contribution in [3.8, 4) is 5.75 Å². The van der Waals surface area contributed by atoms with E-state index in [-0.39, 0.29) is 5.69 Å². The van der Waals surface area contributed by atoms with Crippen LogP contribution in [0.2, 0.25) is 0 Å². The molecule has 16 heavy (non-hydrogen) atoms. The highest BCUT2D eigenvalue weighted by Gasteiger charge is 2.04. The first kappa shape index (κ1) is 12.7. The fraction of sp³-hybridized carbons (Fsp3) is 0.455. The summed E-state index contributed by atoms with van der Waals surface area (Å²) in [7, 11) is 1.60. The third-order valence-corrected chi connectivity index (χ3v) is 1.93. The Hall–Kier alpha value is -1.33. The molecule has 0 aromatic heterocycles. The number of methoxy groups -OCH3 is 1. The molecule has 1 aromatic carbocycles. The molecular weight excluding hydrogens is 213 g/mol. The van der Waals surface area contributed by atoms with E-state index < -0.39 is 5.82 Å². The maximum atomic E-state index is 13.0. The Kier molecular flexibility index (Phi) is 5.60. The van der Waals surface area contributed by atoms with E-state index in [0.29, 0.717) is 32.2 Å². The third kappa shape index (κ3) is 4.04. The molecular formula is C11H16FNO3. The van der Waals surface area contributed by atoms with Gasteiger partial charge >= 0.3 is 0 Å². The molecule has 0 spiro atoms. The van der Waals surface area contributed by atoms with Gasteiger partial charge in [-0.1, -0.05) is 6.07 Å². The summed E-state index contributed by atoms with van der Waals surface area (Å²) in [6, 6.07) is 4.46. The highest BCUT2D eigenvalue weighted by Crippen LogP contribution is 2.23. The molecule has 1 rings (SSSR count). The zero-order valence-electron chi connectivity index (χ0n) is 9.24. The molecule has 0 heterocycles. The van der Waals surface area contributed by atoms with Crippen LogP contribution < -0.4 is 10.5 Å². The lowest BCUT2D eigenvalue weighted by Crippen LogP contribution is -2.11. The van der Waals surface area contributed by atoms with Crippen molar-refractivity contribution in [1.29, 1.82) is 0 Å². The van der Waals surface area contributed by atoms with Crippen molar-refractivity contribution in [2.45, 2.75) is 0 Å². The number of halogens is 1. The van der Waals surface area contributed by atoms with Gasteiger partial charge in [-0.3, -0.25) is 0 Å². The van der Waals surface area contributed by atoms with Crippen LogP contribution in [0.1, 0.15) is 0 Å². The van der Waals surface area contributed by atoms with Crippen LogP contribution in [0.15, 0.2) is 18.2 Å². The second-order valence-electron chi connectivity index (χ2n) is 3.11. The molecule has 0 radical (unpaired) electrons. The zero-order valence-corrected chi connectivity index (χ0v) is 9.24. The number of ether oxygens (including phenoxy) is 3. The molecule has 0 bridgehead atoms. The number of para-hydroxylation sites is 1. The minimum Gasteiger partial charge on any atom is -0.489 e. The molecule has 2 N–H and O–H groups in total. The summed E-state index contributed by atoms with van der Waals surface area (Å²) in [4.78, 5) is 0. The van der Waals surface area contributed by atoms with Gasteiger partial charge in [-0.15, -0.1) is 0 Å². The van der Waals surface area contributed by atoms with E-state index in [9.17, 15) is 4.39 Å². The zero-order chi connectivity index (χ0) is 11.8. The van der Waals surface area contributed by atoms with Gasteiger partial charge in [-0.25, -0.2) is 4.39 Å². The monoisotopic (exact) mass is 229 g/mol. The molecule has 0 amide bonds. The Morgan fingerprint density at radius 3 is 2.69 bits per heavy atom. The Labute approximate surface area is 94.1 Å². The van der Waals surface area contributed by atoms with E-state index in [4.69, 9.17) is 19.9 Å². The van der Waals surface area contributed by atoms with Crippen LogP contribution in [0.4, 0.5) is 10.1 Å². The number of hydrogen-bond donors (Lipinski definition) is 1. The standard InChI is InChI=1S/C11H16FNO3/c1-14-5-6-15-7-8-16-10-4-2-3-9(12)11(10)13/h2-4H,5-8,13H2,1H3. The summed E-state index contributed by atoms with van der Waals surface area (Å²) in [6.07, 6.45) is 0. The maximum absolute atomic E-state index is 13.0. The maximum Gasteiger partial charge on any atom is 0.149 e. The molecule has 0 aliphatic heterocycles. The molecule has 4 nitrogen and oxygen atoms in total. The van der Waals surface area contributed by atoms with Gasteiger partial charge in [0.25, 0.3) is 0 Å². The summed E-state index contributed by atoms with van der Waals surface area (Å²) in [6.45, 7) is 1.80. The highest BCUT2D eigenvalue weighted by molar-refractivity contribution is 5.53. The third-order valence-electron chi connectivity index (χ3n) is 1.93. The van der Waals surface area contributed by atoms with Gasteiger partial charge in [0.05, 0.1) is 19.8 Å². The van der Waals surface area contributed by atoms with Crippen LogP contribution in [0.25, 0.3) is 0 Å². The number of nitrogens with two attached hydrogens (primary N) is 1. The molecule has 5 heteroatoms. The van der Waals surface area contributed by atoms with Crippen molar-refractivity contribution in [1.82, 2.24) is 0 Å². The average Bonchev–Trinajstić information content (AvgIpc) is 2.29. The van der Waals surface area contributed by atoms with E-state index >= 15 is 0 Å². The molecule has 1 aromatic rings. The first-order chi connectivity index (χ1) is 7.75. The molecule has 90 valence electrons. The summed E-state index contributed by atoms with van der Waals surface area (Å²) < 4.78 is 28.3. The van der Waals surface area contributed by atoms with Gasteiger partial charge in [0, 0.05) is 7.11 Å². The fourth-order valence-electron chi connectivity index (χ4n) is 1.10. The van der Waals surface area contributed by atoms with Gasteiger partial charge in [0.2, 0.25) is 0 Å². The lowest BCUT2D eigenvalue weighted by atomic mass is 10.3. The van der Waals surface area contributed by atoms with E-state index in [2.05, 4.69) is 0 Å². The molecule has 0 saturated heterocycles. The second-order valence-corrected chi connectivity index (χ2v) is 3.11. The van der Waals surface area contributed by atoms with E-state index in [0.717, 1.165) is 0 Å². The van der Waals surface area contributed by atoms with Gasteiger partial charge < -0.3 is 19.9 Å². The predicted molar refractivity (Wildman–Crippen MR) is 59.0 cm³/mol. The SMILES string of the molecule is COCCOCCOc1cccc(F)c1N. The topological polar surface area (TPSA) is 53.7 Å². The molecule has 0 atom stereocenters. The number of nitrogen functional groups attached to an aromatic ring is 1. The smallest absolute Gasteiger partial charge is 0.149 e. The first-order valence-corrected chi connectivity index (χ1v) is 4.99. The van der Waals surface area contributed by atoms with Crippen LogP contribution in [0.3, 0.4) is 0 Å². The lowest BCUT2D eigenvalue weighted by molar-refractivity contribution is 0.0545. The summed E-state index contributed by atoms with van der Waals surface area (Å²) in [5.41, 5.74) is 5.51. The minimum absolute atomic E-state index is 0.0272. The lowest BCUT2D eigenvalue weighted by Gasteiger charge is -2.09. The number of anilines is 1. The van der Waals surface area contributed by atoms with Gasteiger partial charge in [-0.05, 0) is 12.1 Å². The summed E-state index contributed by atoms with van der Waals surface area (Å²) in [5.74, 6) is -0.131. The number of hydrogen-bond acceptors (Lipinski definition) is 4. The predicted octanol–water partition coefficient (Wildman–Crippen LogP) is 1.45. The summed E-state index contributed by atoms with van der Waals surface area (Å²) >= 11 is 0. The van der Waals surface area contributed by atoms with Crippen molar-refractivity contribution < 1.29 is 18.6 Å². The van der Waals surface area contributed by atoms with E-state index in [1.165, 1.54) is 6.07 Å². The minimum atomic E-state index is -0.474. The second kappa shape index (κ2) is 7.03. The van der Waals surface area contributed by atoms with Gasteiger partial charge in [0.15, 0.2) is 0 Å². The Bertz CT molecular complexity index is 320. The molecule has 0 saturated carbocycles.